The first-order valence-electron chi connectivity index (χ1n) is 8.28. The van der Waals surface area contributed by atoms with Gasteiger partial charge in [0.15, 0.2) is 0 Å². The van der Waals surface area contributed by atoms with E-state index in [2.05, 4.69) is 57.3 Å². The van der Waals surface area contributed by atoms with Gasteiger partial charge in [-0.2, -0.15) is 0 Å². The lowest BCUT2D eigenvalue weighted by Gasteiger charge is -2.13. The Morgan fingerprint density at radius 2 is 1.95 bits per heavy atom. The number of aromatic nitrogens is 1. The van der Waals surface area contributed by atoms with Gasteiger partial charge in [-0.25, -0.2) is 0 Å². The van der Waals surface area contributed by atoms with Crippen LogP contribution in [0.1, 0.15) is 63.3 Å². The molecule has 114 valence electrons. The second-order valence-corrected chi connectivity index (χ2v) is 6.10. The molecule has 1 aromatic heterocycles. The van der Waals surface area contributed by atoms with Crippen molar-refractivity contribution in [1.82, 2.24) is 10.3 Å². The number of nitrogens with one attached hydrogen (secondary N) is 1. The molecule has 0 radical (unpaired) electrons. The average molecular weight is 284 g/mol. The van der Waals surface area contributed by atoms with Gasteiger partial charge in [0.05, 0.1) is 5.52 Å². The van der Waals surface area contributed by atoms with Crippen molar-refractivity contribution in [2.75, 3.05) is 6.54 Å². The first kappa shape index (κ1) is 16.0. The summed E-state index contributed by atoms with van der Waals surface area (Å²) in [5.74, 6) is 0.467. The predicted molar refractivity (Wildman–Crippen MR) is 91.8 cm³/mol. The number of unbranched alkanes of at least 4 members (excludes halogenated alkanes) is 1. The second-order valence-electron chi connectivity index (χ2n) is 6.10. The average Bonchev–Trinajstić information content (AvgIpc) is 2.50. The Labute approximate surface area is 129 Å². The topological polar surface area (TPSA) is 24.9 Å². The third-order valence-corrected chi connectivity index (χ3v) is 4.00. The third-order valence-electron chi connectivity index (χ3n) is 4.00. The van der Waals surface area contributed by atoms with Crippen LogP contribution in [0.25, 0.3) is 10.9 Å². The highest BCUT2D eigenvalue weighted by molar-refractivity contribution is 5.83. The lowest BCUT2D eigenvalue weighted by molar-refractivity contribution is 0.642. The van der Waals surface area contributed by atoms with Crippen LogP contribution >= 0.6 is 0 Å². The first-order chi connectivity index (χ1) is 10.2. The molecule has 1 heterocycles. The summed E-state index contributed by atoms with van der Waals surface area (Å²) in [6.45, 7) is 10.9. The minimum Gasteiger partial charge on any atom is -0.313 e. The van der Waals surface area contributed by atoms with E-state index in [0.717, 1.165) is 25.0 Å². The van der Waals surface area contributed by atoms with Gasteiger partial charge in [-0.15, -0.1) is 0 Å². The Morgan fingerprint density at radius 1 is 1.14 bits per heavy atom. The van der Waals surface area contributed by atoms with Gasteiger partial charge in [-0.05, 0) is 54.6 Å². The van der Waals surface area contributed by atoms with Crippen molar-refractivity contribution in [2.45, 2.75) is 59.4 Å². The van der Waals surface area contributed by atoms with E-state index in [9.17, 15) is 0 Å². The zero-order valence-corrected chi connectivity index (χ0v) is 13.9. The van der Waals surface area contributed by atoms with Crippen molar-refractivity contribution in [3.05, 3.63) is 41.1 Å². The maximum absolute atomic E-state index is 4.83. The van der Waals surface area contributed by atoms with E-state index in [1.165, 1.54) is 35.0 Å². The maximum atomic E-state index is 4.83. The highest BCUT2D eigenvalue weighted by atomic mass is 14.8. The van der Waals surface area contributed by atoms with Gasteiger partial charge < -0.3 is 5.32 Å². The molecular weight excluding hydrogens is 256 g/mol. The normalized spacial score (nSPS) is 11.5. The van der Waals surface area contributed by atoms with Gasteiger partial charge in [0.2, 0.25) is 0 Å². The van der Waals surface area contributed by atoms with E-state index >= 15 is 0 Å². The van der Waals surface area contributed by atoms with E-state index in [-0.39, 0.29) is 0 Å². The van der Waals surface area contributed by atoms with Gasteiger partial charge in [-0.1, -0.05) is 40.2 Å². The highest BCUT2D eigenvalue weighted by Crippen LogP contribution is 2.24. The fourth-order valence-electron chi connectivity index (χ4n) is 2.55. The van der Waals surface area contributed by atoms with Gasteiger partial charge >= 0.3 is 0 Å². The molecule has 0 saturated heterocycles. The fourth-order valence-corrected chi connectivity index (χ4v) is 2.55. The Morgan fingerprint density at radius 3 is 2.62 bits per heavy atom. The zero-order valence-electron chi connectivity index (χ0n) is 13.9. The smallest absolute Gasteiger partial charge is 0.0708 e. The lowest BCUT2D eigenvalue weighted by atomic mass is 10.0. The molecule has 0 aliphatic carbocycles. The van der Waals surface area contributed by atoms with Crippen LogP contribution in [-0.4, -0.2) is 11.5 Å². The highest BCUT2D eigenvalue weighted by Gasteiger charge is 2.09. The van der Waals surface area contributed by atoms with Crippen molar-refractivity contribution in [3.63, 3.8) is 0 Å². The summed E-state index contributed by atoms with van der Waals surface area (Å²) in [6, 6.07) is 8.97. The van der Waals surface area contributed by atoms with E-state index in [1.807, 2.05) is 0 Å². The summed E-state index contributed by atoms with van der Waals surface area (Å²) >= 11 is 0. The number of pyridine rings is 1. The number of hydrogen-bond acceptors (Lipinski definition) is 2. The molecule has 0 bridgehead atoms. The summed E-state index contributed by atoms with van der Waals surface area (Å²) in [4.78, 5) is 4.83. The van der Waals surface area contributed by atoms with E-state index in [4.69, 9.17) is 4.98 Å². The molecule has 2 rings (SSSR count). The molecule has 1 aromatic carbocycles. The van der Waals surface area contributed by atoms with Crippen LogP contribution in [0.15, 0.2) is 24.3 Å². The molecule has 1 N–H and O–H groups in total. The molecule has 0 aliphatic heterocycles. The van der Waals surface area contributed by atoms with Crippen molar-refractivity contribution in [3.8, 4) is 0 Å². The van der Waals surface area contributed by atoms with Crippen LogP contribution in [0.3, 0.4) is 0 Å². The SMILES string of the molecule is CCCCNCc1cc(C(C)C)nc2ccc(CC)cc12. The van der Waals surface area contributed by atoms with Crippen LogP contribution in [0.4, 0.5) is 0 Å². The summed E-state index contributed by atoms with van der Waals surface area (Å²) in [5.41, 5.74) is 5.09. The van der Waals surface area contributed by atoms with Crippen molar-refractivity contribution < 1.29 is 0 Å². The molecule has 0 saturated carbocycles. The van der Waals surface area contributed by atoms with Crippen LogP contribution in [0.2, 0.25) is 0 Å². The molecule has 0 unspecified atom stereocenters. The fraction of sp³-hybridized carbons (Fsp3) is 0.526. The quantitative estimate of drug-likeness (QED) is 0.738. The summed E-state index contributed by atoms with van der Waals surface area (Å²) in [5, 5.41) is 4.88. The number of fused-ring (bicyclic) bond motifs is 1. The Balaban J connectivity index is 2.37. The van der Waals surface area contributed by atoms with Gasteiger partial charge in [0.25, 0.3) is 0 Å². The van der Waals surface area contributed by atoms with E-state index in [1.54, 1.807) is 0 Å². The van der Waals surface area contributed by atoms with Crippen molar-refractivity contribution >= 4 is 10.9 Å². The van der Waals surface area contributed by atoms with E-state index < -0.39 is 0 Å². The molecule has 21 heavy (non-hydrogen) atoms. The molecule has 2 nitrogen and oxygen atoms in total. The van der Waals surface area contributed by atoms with Gasteiger partial charge in [0.1, 0.15) is 0 Å². The summed E-state index contributed by atoms with van der Waals surface area (Å²) in [7, 11) is 0. The minimum absolute atomic E-state index is 0.467. The zero-order chi connectivity index (χ0) is 15.2. The predicted octanol–water partition coefficient (Wildman–Crippen LogP) is 4.81. The molecule has 0 fully saturated rings. The van der Waals surface area contributed by atoms with Crippen LogP contribution in [0.5, 0.6) is 0 Å². The molecular formula is C19H28N2. The number of aryl methyl sites for hydroxylation is 1. The Hall–Kier alpha value is -1.41. The number of hydrogen-bond donors (Lipinski definition) is 1. The molecule has 0 amide bonds. The first-order valence-corrected chi connectivity index (χ1v) is 8.28. The molecule has 0 spiro atoms. The minimum atomic E-state index is 0.467. The van der Waals surface area contributed by atoms with Crippen molar-refractivity contribution in [2.24, 2.45) is 0 Å². The second kappa shape index (κ2) is 7.56. The Bertz CT molecular complexity index is 587. The van der Waals surface area contributed by atoms with Gasteiger partial charge in [0, 0.05) is 17.6 Å². The summed E-state index contributed by atoms with van der Waals surface area (Å²) in [6.07, 6.45) is 3.55. The monoisotopic (exact) mass is 284 g/mol. The van der Waals surface area contributed by atoms with Crippen molar-refractivity contribution in [1.29, 1.82) is 0 Å². The van der Waals surface area contributed by atoms with Crippen LogP contribution in [0, 0.1) is 0 Å². The van der Waals surface area contributed by atoms with E-state index in [0.29, 0.717) is 5.92 Å². The van der Waals surface area contributed by atoms with Crippen LogP contribution in [-0.2, 0) is 13.0 Å². The molecule has 0 atom stereocenters. The standard InChI is InChI=1S/C19H28N2/c1-5-7-10-20-13-16-12-19(14(3)4)21-18-9-8-15(6-2)11-17(16)18/h8-9,11-12,14,20H,5-7,10,13H2,1-4H3. The number of nitrogens with zero attached hydrogens (tertiary/aromatic N) is 1. The Kier molecular flexibility index (Phi) is 5.75. The summed E-state index contributed by atoms with van der Waals surface area (Å²) < 4.78 is 0. The molecule has 2 aromatic rings. The van der Waals surface area contributed by atoms with Gasteiger partial charge in [-0.3, -0.25) is 4.98 Å². The van der Waals surface area contributed by atoms with Crippen LogP contribution < -0.4 is 5.32 Å². The number of benzene rings is 1. The lowest BCUT2D eigenvalue weighted by Crippen LogP contribution is -2.15. The molecule has 0 aliphatic rings. The number of rotatable bonds is 7. The molecule has 2 heteroatoms. The largest absolute Gasteiger partial charge is 0.313 e. The maximum Gasteiger partial charge on any atom is 0.0708 e. The third kappa shape index (κ3) is 4.04.